The molecule has 8 nitrogen and oxygen atoms in total. The van der Waals surface area contributed by atoms with E-state index in [4.69, 9.17) is 9.68 Å². The summed E-state index contributed by atoms with van der Waals surface area (Å²) in [5.41, 5.74) is 0.527. The maximum absolute atomic E-state index is 12.6. The second kappa shape index (κ2) is 7.54. The first-order valence-electron chi connectivity index (χ1n) is 9.38. The fourth-order valence-corrected chi connectivity index (χ4v) is 5.15. The van der Waals surface area contributed by atoms with Gasteiger partial charge in [0.05, 0.1) is 12.6 Å². The van der Waals surface area contributed by atoms with Gasteiger partial charge in [0.1, 0.15) is 11.6 Å². The zero-order chi connectivity index (χ0) is 19.7. The number of likely N-dealkylation sites (tertiary alicyclic amines) is 2. The topological polar surface area (TPSA) is 107 Å². The Kier molecular flexibility index (Phi) is 5.10. The van der Waals surface area contributed by atoms with Gasteiger partial charge in [-0.3, -0.25) is 9.69 Å². The van der Waals surface area contributed by atoms with Crippen LogP contribution in [0, 0.1) is 11.3 Å². The molecule has 3 heterocycles. The van der Waals surface area contributed by atoms with Crippen LogP contribution < -0.4 is 4.72 Å². The SMILES string of the molecule is N#C[C@@H]1CCCN1C(=O)CN1CC[C@H](NS(=O)(=O)c2cc3ccccc3o2)C1. The number of furan rings is 1. The van der Waals surface area contributed by atoms with Gasteiger partial charge in [0.2, 0.25) is 11.0 Å². The van der Waals surface area contributed by atoms with E-state index in [1.165, 1.54) is 6.07 Å². The Labute approximate surface area is 163 Å². The lowest BCUT2D eigenvalue weighted by atomic mass is 10.2. The number of sulfonamides is 1. The molecule has 1 aromatic heterocycles. The highest BCUT2D eigenvalue weighted by atomic mass is 32.2. The maximum Gasteiger partial charge on any atom is 0.274 e. The summed E-state index contributed by atoms with van der Waals surface area (Å²) in [5.74, 6) is -0.0650. The van der Waals surface area contributed by atoms with Crippen molar-refractivity contribution in [2.24, 2.45) is 0 Å². The van der Waals surface area contributed by atoms with Gasteiger partial charge in [-0.25, -0.2) is 13.1 Å². The molecule has 2 aliphatic rings. The maximum atomic E-state index is 12.6. The van der Waals surface area contributed by atoms with Crippen LogP contribution in [0.15, 0.2) is 39.8 Å². The average molecular weight is 402 g/mol. The number of carbonyl (C=O) groups is 1. The number of nitrogens with one attached hydrogen (secondary N) is 1. The molecule has 1 amide bonds. The van der Waals surface area contributed by atoms with E-state index >= 15 is 0 Å². The number of carbonyl (C=O) groups excluding carboxylic acids is 1. The van der Waals surface area contributed by atoms with Gasteiger partial charge in [-0.15, -0.1) is 0 Å². The van der Waals surface area contributed by atoms with Gasteiger partial charge in [0.25, 0.3) is 10.0 Å². The first kappa shape index (κ1) is 18.9. The van der Waals surface area contributed by atoms with Gasteiger partial charge >= 0.3 is 0 Å². The molecule has 28 heavy (non-hydrogen) atoms. The van der Waals surface area contributed by atoms with E-state index in [0.717, 1.165) is 18.2 Å². The van der Waals surface area contributed by atoms with Crippen molar-refractivity contribution in [2.75, 3.05) is 26.2 Å². The number of para-hydroxylation sites is 1. The molecule has 2 aromatic rings. The third-order valence-corrected chi connectivity index (χ3v) is 6.72. The predicted molar refractivity (Wildman–Crippen MR) is 102 cm³/mol. The first-order valence-corrected chi connectivity index (χ1v) is 10.9. The van der Waals surface area contributed by atoms with Crippen LogP contribution in [-0.4, -0.2) is 62.4 Å². The molecule has 0 saturated carbocycles. The minimum Gasteiger partial charge on any atom is -0.443 e. The summed E-state index contributed by atoms with van der Waals surface area (Å²) >= 11 is 0. The lowest BCUT2D eigenvalue weighted by Crippen LogP contribution is -2.43. The molecule has 2 saturated heterocycles. The molecule has 4 rings (SSSR count). The van der Waals surface area contributed by atoms with Gasteiger partial charge in [0, 0.05) is 37.1 Å². The van der Waals surface area contributed by atoms with E-state index in [9.17, 15) is 13.2 Å². The summed E-state index contributed by atoms with van der Waals surface area (Å²) in [7, 11) is -3.77. The number of hydrogen-bond donors (Lipinski definition) is 1. The molecular formula is C19H22N4O4S. The van der Waals surface area contributed by atoms with E-state index in [-0.39, 0.29) is 29.6 Å². The molecule has 0 aliphatic carbocycles. The number of rotatable bonds is 5. The molecular weight excluding hydrogens is 380 g/mol. The van der Waals surface area contributed by atoms with Gasteiger partial charge in [-0.05, 0) is 25.3 Å². The number of benzene rings is 1. The Morgan fingerprint density at radius 1 is 1.29 bits per heavy atom. The largest absolute Gasteiger partial charge is 0.443 e. The van der Waals surface area contributed by atoms with Crippen molar-refractivity contribution in [1.82, 2.24) is 14.5 Å². The van der Waals surface area contributed by atoms with Crippen LogP contribution in [0.4, 0.5) is 0 Å². The highest BCUT2D eigenvalue weighted by molar-refractivity contribution is 7.89. The number of fused-ring (bicyclic) bond motifs is 1. The van der Waals surface area contributed by atoms with Crippen LogP contribution >= 0.6 is 0 Å². The highest BCUT2D eigenvalue weighted by Gasteiger charge is 2.33. The summed E-state index contributed by atoms with van der Waals surface area (Å²) in [5, 5.41) is 9.77. The van der Waals surface area contributed by atoms with Crippen LogP contribution in [0.25, 0.3) is 11.0 Å². The molecule has 1 N–H and O–H groups in total. The highest BCUT2D eigenvalue weighted by Crippen LogP contribution is 2.23. The van der Waals surface area contributed by atoms with E-state index in [1.54, 1.807) is 23.1 Å². The normalized spacial score (nSPS) is 23.3. The fourth-order valence-electron chi connectivity index (χ4n) is 3.92. The minimum absolute atomic E-state index is 0.0650. The summed E-state index contributed by atoms with van der Waals surface area (Å²) in [6.07, 6.45) is 2.19. The number of amides is 1. The van der Waals surface area contributed by atoms with Crippen molar-refractivity contribution in [1.29, 1.82) is 5.26 Å². The summed E-state index contributed by atoms with van der Waals surface area (Å²) in [4.78, 5) is 16.0. The minimum atomic E-state index is -3.77. The summed E-state index contributed by atoms with van der Waals surface area (Å²) in [6, 6.07) is 10.2. The van der Waals surface area contributed by atoms with E-state index in [0.29, 0.717) is 31.6 Å². The lowest BCUT2D eigenvalue weighted by Gasteiger charge is -2.23. The third-order valence-electron chi connectivity index (χ3n) is 5.34. The Morgan fingerprint density at radius 2 is 2.11 bits per heavy atom. The molecule has 1 aromatic carbocycles. The molecule has 2 aliphatic heterocycles. The van der Waals surface area contributed by atoms with Gasteiger partial charge in [-0.2, -0.15) is 5.26 Å². The Hall–Kier alpha value is -2.41. The van der Waals surface area contributed by atoms with Crippen molar-refractivity contribution in [3.8, 4) is 6.07 Å². The predicted octanol–water partition coefficient (Wildman–Crippen LogP) is 1.30. The van der Waals surface area contributed by atoms with E-state index < -0.39 is 10.0 Å². The molecule has 0 unspecified atom stereocenters. The van der Waals surface area contributed by atoms with Crippen LogP contribution in [0.5, 0.6) is 0 Å². The molecule has 148 valence electrons. The average Bonchev–Trinajstić information content (AvgIpc) is 3.40. The third kappa shape index (κ3) is 3.76. The summed E-state index contributed by atoms with van der Waals surface area (Å²) < 4.78 is 33.4. The number of hydrogen-bond acceptors (Lipinski definition) is 6. The van der Waals surface area contributed by atoms with Crippen LogP contribution in [0.3, 0.4) is 0 Å². The lowest BCUT2D eigenvalue weighted by molar-refractivity contribution is -0.132. The van der Waals surface area contributed by atoms with Crippen LogP contribution in [-0.2, 0) is 14.8 Å². The number of nitriles is 1. The first-order chi connectivity index (χ1) is 13.5. The van der Waals surface area contributed by atoms with Crippen molar-refractivity contribution in [2.45, 2.75) is 36.4 Å². The standard InChI is InChI=1S/C19H22N4O4S/c20-11-16-5-3-8-23(16)18(24)13-22-9-7-15(12-22)21-28(25,26)19-10-14-4-1-2-6-17(14)27-19/h1-2,4,6,10,15-16,21H,3,5,7-9,12-13H2/t15-,16-/m0/s1. The Balaban J connectivity index is 1.36. The van der Waals surface area contributed by atoms with Gasteiger partial charge < -0.3 is 9.32 Å². The van der Waals surface area contributed by atoms with E-state index in [2.05, 4.69) is 10.8 Å². The van der Waals surface area contributed by atoms with E-state index in [1.807, 2.05) is 11.0 Å². The molecule has 9 heteroatoms. The van der Waals surface area contributed by atoms with Crippen molar-refractivity contribution < 1.29 is 17.6 Å². The monoisotopic (exact) mass is 402 g/mol. The van der Waals surface area contributed by atoms with Crippen molar-refractivity contribution >= 4 is 26.9 Å². The molecule has 2 fully saturated rings. The smallest absolute Gasteiger partial charge is 0.274 e. The zero-order valence-corrected chi connectivity index (χ0v) is 16.2. The quantitative estimate of drug-likeness (QED) is 0.808. The second-order valence-corrected chi connectivity index (χ2v) is 8.96. The van der Waals surface area contributed by atoms with Gasteiger partial charge in [0.15, 0.2) is 0 Å². The molecule has 0 radical (unpaired) electrons. The Morgan fingerprint density at radius 3 is 2.89 bits per heavy atom. The molecule has 2 atom stereocenters. The Bertz CT molecular complexity index is 993. The van der Waals surface area contributed by atoms with Crippen LogP contribution in [0.1, 0.15) is 19.3 Å². The second-order valence-electron chi connectivity index (χ2n) is 7.32. The summed E-state index contributed by atoms with van der Waals surface area (Å²) in [6.45, 7) is 1.91. The fraction of sp³-hybridized carbons (Fsp3) is 0.474. The zero-order valence-electron chi connectivity index (χ0n) is 15.4. The van der Waals surface area contributed by atoms with Crippen LogP contribution in [0.2, 0.25) is 0 Å². The number of nitrogens with zero attached hydrogens (tertiary/aromatic N) is 3. The molecule has 0 spiro atoms. The molecule has 0 bridgehead atoms. The van der Waals surface area contributed by atoms with Gasteiger partial charge in [-0.1, -0.05) is 18.2 Å². The van der Waals surface area contributed by atoms with Crippen molar-refractivity contribution in [3.05, 3.63) is 30.3 Å². The van der Waals surface area contributed by atoms with Crippen molar-refractivity contribution in [3.63, 3.8) is 0 Å².